The van der Waals surface area contributed by atoms with Crippen molar-refractivity contribution in [2.24, 2.45) is 0 Å². The molecule has 0 atom stereocenters. The third-order valence-electron chi connectivity index (χ3n) is 5.38. The lowest BCUT2D eigenvalue weighted by molar-refractivity contribution is -0.116. The molecule has 0 unspecified atom stereocenters. The third kappa shape index (κ3) is 10.5. The highest BCUT2D eigenvalue weighted by molar-refractivity contribution is 5.92. The predicted octanol–water partition coefficient (Wildman–Crippen LogP) is 7.85. The third-order valence-corrected chi connectivity index (χ3v) is 5.38. The zero-order chi connectivity index (χ0) is 22.2. The van der Waals surface area contributed by atoms with Crippen LogP contribution in [0.4, 0.5) is 5.69 Å². The van der Waals surface area contributed by atoms with Crippen molar-refractivity contribution >= 4 is 11.6 Å². The second-order valence-electron chi connectivity index (χ2n) is 7.99. The first-order valence-corrected chi connectivity index (χ1v) is 11.5. The molecule has 0 fully saturated rings. The van der Waals surface area contributed by atoms with Crippen molar-refractivity contribution in [3.05, 3.63) is 59.2 Å². The molecule has 1 aromatic carbocycles. The summed E-state index contributed by atoms with van der Waals surface area (Å²) in [5.41, 5.74) is 3.37. The number of benzene rings is 1. The number of carbonyl (C=O) groups excluding carboxylic acids is 1. The molecule has 1 rings (SSSR count). The smallest absolute Gasteiger partial charge is 0.224 e. The summed E-state index contributed by atoms with van der Waals surface area (Å²) in [4.78, 5) is 12.2. The van der Waals surface area contributed by atoms with Gasteiger partial charge in [-0.3, -0.25) is 4.79 Å². The van der Waals surface area contributed by atoms with Gasteiger partial charge in [0.25, 0.3) is 0 Å². The topological polar surface area (TPSA) is 49.3 Å². The number of phenolic OH excluding ortho intramolecular Hbond substituents is 1. The minimum absolute atomic E-state index is 0.0590. The van der Waals surface area contributed by atoms with Gasteiger partial charge in [0.15, 0.2) is 0 Å². The molecule has 0 saturated heterocycles. The van der Waals surface area contributed by atoms with Gasteiger partial charge in [-0.25, -0.2) is 0 Å². The monoisotopic (exact) mass is 411 g/mol. The van der Waals surface area contributed by atoms with Crippen molar-refractivity contribution in [1.82, 2.24) is 0 Å². The van der Waals surface area contributed by atoms with E-state index in [4.69, 9.17) is 0 Å². The molecule has 0 aliphatic heterocycles. The van der Waals surface area contributed by atoms with Crippen LogP contribution in [0.25, 0.3) is 0 Å². The molecule has 166 valence electrons. The minimum atomic E-state index is 0.0590. The number of rotatable bonds is 14. The molecule has 0 aromatic heterocycles. The first kappa shape index (κ1) is 25.7. The van der Waals surface area contributed by atoms with E-state index < -0.39 is 0 Å². The van der Waals surface area contributed by atoms with Gasteiger partial charge in [-0.05, 0) is 82.1 Å². The zero-order valence-corrected chi connectivity index (χ0v) is 19.5. The van der Waals surface area contributed by atoms with E-state index in [0.29, 0.717) is 12.2 Å². The predicted molar refractivity (Wildman–Crippen MR) is 130 cm³/mol. The Bertz CT molecular complexity index is 729. The summed E-state index contributed by atoms with van der Waals surface area (Å²) in [6.07, 6.45) is 23.9. The van der Waals surface area contributed by atoms with Crippen LogP contribution < -0.4 is 5.32 Å². The highest BCUT2D eigenvalue weighted by atomic mass is 16.3. The maximum Gasteiger partial charge on any atom is 0.224 e. The number of allylic oxidation sites excluding steroid dienone is 6. The van der Waals surface area contributed by atoms with Gasteiger partial charge in [-0.15, -0.1) is 0 Å². The molecule has 0 saturated carbocycles. The van der Waals surface area contributed by atoms with Crippen molar-refractivity contribution < 1.29 is 9.90 Å². The number of hydrogen-bond donors (Lipinski definition) is 2. The van der Waals surface area contributed by atoms with Crippen LogP contribution in [0.3, 0.4) is 0 Å². The number of amides is 1. The van der Waals surface area contributed by atoms with E-state index in [1.165, 1.54) is 19.3 Å². The summed E-state index contributed by atoms with van der Waals surface area (Å²) in [5, 5.41) is 13.0. The lowest BCUT2D eigenvalue weighted by Crippen LogP contribution is -2.12. The zero-order valence-electron chi connectivity index (χ0n) is 19.5. The fourth-order valence-corrected chi connectivity index (χ4v) is 3.32. The Morgan fingerprint density at radius 2 is 1.47 bits per heavy atom. The molecule has 0 spiro atoms. The average molecular weight is 412 g/mol. The Balaban J connectivity index is 2.09. The highest BCUT2D eigenvalue weighted by Crippen LogP contribution is 2.30. The largest absolute Gasteiger partial charge is 0.507 e. The van der Waals surface area contributed by atoms with Crippen LogP contribution in [0, 0.1) is 20.8 Å². The van der Waals surface area contributed by atoms with Gasteiger partial charge in [-0.2, -0.15) is 0 Å². The minimum Gasteiger partial charge on any atom is -0.507 e. The normalized spacial score (nSPS) is 11.9. The summed E-state index contributed by atoms with van der Waals surface area (Å²) in [6.45, 7) is 7.82. The van der Waals surface area contributed by atoms with E-state index in [1.54, 1.807) is 0 Å². The van der Waals surface area contributed by atoms with Crippen molar-refractivity contribution in [3.63, 3.8) is 0 Å². The molecule has 0 aliphatic rings. The van der Waals surface area contributed by atoms with Gasteiger partial charge in [0, 0.05) is 12.1 Å². The number of hydrogen-bond acceptors (Lipinski definition) is 2. The summed E-state index contributed by atoms with van der Waals surface area (Å²) < 4.78 is 0. The van der Waals surface area contributed by atoms with Crippen molar-refractivity contribution in [3.8, 4) is 5.75 Å². The second-order valence-corrected chi connectivity index (χ2v) is 7.99. The average Bonchev–Trinajstić information content (AvgIpc) is 2.73. The van der Waals surface area contributed by atoms with E-state index in [0.717, 1.165) is 60.9 Å². The molecule has 1 amide bonds. The quantitative estimate of drug-likeness (QED) is 0.186. The van der Waals surface area contributed by atoms with E-state index in [-0.39, 0.29) is 5.91 Å². The molecule has 3 heteroatoms. The van der Waals surface area contributed by atoms with Crippen LogP contribution in [0.1, 0.15) is 87.8 Å². The number of nitrogens with one attached hydrogen (secondary N) is 1. The van der Waals surface area contributed by atoms with Crippen LogP contribution in [-0.2, 0) is 4.79 Å². The fourth-order valence-electron chi connectivity index (χ4n) is 3.32. The van der Waals surface area contributed by atoms with E-state index in [2.05, 4.69) is 48.7 Å². The lowest BCUT2D eigenvalue weighted by Gasteiger charge is -2.14. The molecular formula is C27H41NO2. The van der Waals surface area contributed by atoms with Crippen molar-refractivity contribution in [2.75, 3.05) is 5.32 Å². The summed E-state index contributed by atoms with van der Waals surface area (Å²) >= 11 is 0. The molecular weight excluding hydrogens is 370 g/mol. The number of unbranched alkanes of at least 4 members (excludes halogenated alkanes) is 5. The maximum absolute atomic E-state index is 12.2. The standard InChI is InChI=1S/C27H41NO2/c1-5-6-7-8-9-10-11-12-13-14-15-16-17-18-19-20-26(29)28-25-21-22(2)27(30)24(4)23(25)3/h6-7,9-10,12-13,21,30H,5,8,11,14-20H2,1-4H3,(H,28,29). The Kier molecular flexibility index (Phi) is 13.3. The fraction of sp³-hybridized carbons (Fsp3) is 0.519. The first-order chi connectivity index (χ1) is 14.5. The van der Waals surface area contributed by atoms with E-state index >= 15 is 0 Å². The molecule has 3 nitrogen and oxygen atoms in total. The van der Waals surface area contributed by atoms with E-state index in [1.807, 2.05) is 26.8 Å². The van der Waals surface area contributed by atoms with Gasteiger partial charge in [0.05, 0.1) is 0 Å². The molecule has 0 bridgehead atoms. The maximum atomic E-state index is 12.2. The molecule has 0 heterocycles. The number of phenols is 1. The highest BCUT2D eigenvalue weighted by Gasteiger charge is 2.11. The van der Waals surface area contributed by atoms with Gasteiger partial charge in [0.1, 0.15) is 5.75 Å². The van der Waals surface area contributed by atoms with Gasteiger partial charge in [0.2, 0.25) is 5.91 Å². The summed E-state index contributed by atoms with van der Waals surface area (Å²) in [6, 6.07) is 1.85. The molecule has 0 radical (unpaired) electrons. The van der Waals surface area contributed by atoms with E-state index in [9.17, 15) is 9.90 Å². The van der Waals surface area contributed by atoms with Crippen molar-refractivity contribution in [1.29, 1.82) is 0 Å². The van der Waals surface area contributed by atoms with Gasteiger partial charge in [-0.1, -0.05) is 62.6 Å². The molecule has 0 aliphatic carbocycles. The first-order valence-electron chi connectivity index (χ1n) is 11.5. The second kappa shape index (κ2) is 15.5. The number of aromatic hydroxyl groups is 1. The SMILES string of the molecule is CCC=CCC=CCC=CCCCCCCCC(=O)Nc1cc(C)c(O)c(C)c1C. The molecule has 30 heavy (non-hydrogen) atoms. The van der Waals surface area contributed by atoms with Gasteiger partial charge < -0.3 is 10.4 Å². The number of anilines is 1. The van der Waals surface area contributed by atoms with Crippen LogP contribution in [0.2, 0.25) is 0 Å². The Hall–Kier alpha value is -2.29. The molecule has 2 N–H and O–H groups in total. The number of carbonyl (C=O) groups is 1. The molecule has 1 aromatic rings. The van der Waals surface area contributed by atoms with Crippen LogP contribution >= 0.6 is 0 Å². The Morgan fingerprint density at radius 3 is 2.17 bits per heavy atom. The Morgan fingerprint density at radius 1 is 0.867 bits per heavy atom. The van der Waals surface area contributed by atoms with Crippen LogP contribution in [-0.4, -0.2) is 11.0 Å². The number of aryl methyl sites for hydroxylation is 1. The van der Waals surface area contributed by atoms with Gasteiger partial charge >= 0.3 is 0 Å². The Labute approximate surface area is 184 Å². The summed E-state index contributed by atoms with van der Waals surface area (Å²) in [7, 11) is 0. The lowest BCUT2D eigenvalue weighted by atomic mass is 10.0. The van der Waals surface area contributed by atoms with Crippen molar-refractivity contribution in [2.45, 2.75) is 91.9 Å². The van der Waals surface area contributed by atoms with Crippen LogP contribution in [0.5, 0.6) is 5.75 Å². The summed E-state index contributed by atoms with van der Waals surface area (Å²) in [5.74, 6) is 0.375. The van der Waals surface area contributed by atoms with Crippen LogP contribution in [0.15, 0.2) is 42.5 Å².